The fourth-order valence-electron chi connectivity index (χ4n) is 4.50. The average Bonchev–Trinajstić information content (AvgIpc) is 3.39. The Morgan fingerprint density at radius 3 is 2.31 bits per heavy atom. The highest BCUT2D eigenvalue weighted by molar-refractivity contribution is 6.21. The minimum atomic E-state index is -0.214. The number of fused-ring (bicyclic) bond motifs is 5. The standard InChI is InChI=1S/C19H18N4O2.CH4/c24-17-15-12-7-8-13(10-12)16(15)18(25)23(17)19-20-14(21-22-19)9-6-11-4-2-1-3-5-11;/h1-5,7-8,12-13,15-16H,6,9-10H2,(H,20,21,22);1H4. The summed E-state index contributed by atoms with van der Waals surface area (Å²) in [6.07, 6.45) is 6.62. The van der Waals surface area contributed by atoms with Gasteiger partial charge >= 0.3 is 0 Å². The first-order valence-electron chi connectivity index (χ1n) is 8.74. The van der Waals surface area contributed by atoms with Crippen molar-refractivity contribution in [2.24, 2.45) is 23.7 Å². The molecule has 2 heterocycles. The van der Waals surface area contributed by atoms with Gasteiger partial charge in [0.1, 0.15) is 5.82 Å². The maximum atomic E-state index is 12.8. The van der Waals surface area contributed by atoms with Crippen molar-refractivity contribution in [2.45, 2.75) is 26.7 Å². The van der Waals surface area contributed by atoms with Gasteiger partial charge < -0.3 is 0 Å². The van der Waals surface area contributed by atoms with Crippen LogP contribution < -0.4 is 4.90 Å². The van der Waals surface area contributed by atoms with Crippen LogP contribution in [0, 0.1) is 23.7 Å². The number of aromatic amines is 1. The molecule has 26 heavy (non-hydrogen) atoms. The summed E-state index contributed by atoms with van der Waals surface area (Å²) in [5.74, 6) is 0.591. The number of amides is 2. The van der Waals surface area contributed by atoms with Crippen LogP contribution in [0.5, 0.6) is 0 Å². The average molecular weight is 350 g/mol. The molecule has 4 atom stereocenters. The molecule has 5 rings (SSSR count). The van der Waals surface area contributed by atoms with E-state index in [0.29, 0.717) is 12.2 Å². The van der Waals surface area contributed by atoms with Gasteiger partial charge in [0.05, 0.1) is 11.8 Å². The second-order valence-electron chi connectivity index (χ2n) is 7.08. The van der Waals surface area contributed by atoms with Gasteiger partial charge in [-0.15, -0.1) is 5.10 Å². The van der Waals surface area contributed by atoms with E-state index < -0.39 is 0 Å². The Balaban J connectivity index is 0.00000168. The summed E-state index contributed by atoms with van der Waals surface area (Å²) >= 11 is 0. The van der Waals surface area contributed by atoms with E-state index in [-0.39, 0.29) is 48.9 Å². The highest BCUT2D eigenvalue weighted by Gasteiger charge is 2.60. The van der Waals surface area contributed by atoms with E-state index in [2.05, 4.69) is 39.5 Å². The van der Waals surface area contributed by atoms with Crippen molar-refractivity contribution in [1.29, 1.82) is 0 Å². The smallest absolute Gasteiger partial charge is 0.258 e. The fourth-order valence-corrected chi connectivity index (χ4v) is 4.50. The van der Waals surface area contributed by atoms with E-state index in [0.717, 1.165) is 12.8 Å². The Hall–Kier alpha value is -2.76. The topological polar surface area (TPSA) is 79.0 Å². The summed E-state index contributed by atoms with van der Waals surface area (Å²) < 4.78 is 0. The molecular weight excluding hydrogens is 328 g/mol. The van der Waals surface area contributed by atoms with Crippen molar-refractivity contribution in [3.05, 3.63) is 53.9 Å². The van der Waals surface area contributed by atoms with Gasteiger partial charge in [-0.2, -0.15) is 4.98 Å². The molecule has 0 radical (unpaired) electrons. The summed E-state index contributed by atoms with van der Waals surface area (Å²) in [6.45, 7) is 0. The number of carbonyl (C=O) groups excluding carboxylic acids is 2. The molecule has 6 nitrogen and oxygen atoms in total. The molecule has 1 saturated carbocycles. The van der Waals surface area contributed by atoms with Gasteiger partial charge in [-0.3, -0.25) is 14.7 Å². The van der Waals surface area contributed by atoms with Crippen LogP contribution >= 0.6 is 0 Å². The maximum Gasteiger partial charge on any atom is 0.258 e. The number of rotatable bonds is 4. The van der Waals surface area contributed by atoms with E-state index in [4.69, 9.17) is 0 Å². The molecular formula is C20H22N4O2. The van der Waals surface area contributed by atoms with Gasteiger partial charge in [-0.05, 0) is 30.2 Å². The zero-order valence-corrected chi connectivity index (χ0v) is 13.6. The molecule has 1 aromatic heterocycles. The SMILES string of the molecule is C.O=C1C2C3C=CC(C3)C2C(=O)N1c1n[nH]c(CCc2ccccc2)n1. The van der Waals surface area contributed by atoms with Crippen molar-refractivity contribution in [1.82, 2.24) is 15.2 Å². The van der Waals surface area contributed by atoms with E-state index in [9.17, 15) is 9.59 Å². The third kappa shape index (κ3) is 2.40. The zero-order chi connectivity index (χ0) is 17.0. The molecule has 0 spiro atoms. The number of allylic oxidation sites excluding steroid dienone is 2. The Kier molecular flexibility index (Phi) is 3.98. The molecule has 1 aliphatic heterocycles. The quantitative estimate of drug-likeness (QED) is 0.679. The normalized spacial score (nSPS) is 28.5. The molecule has 4 unspecified atom stereocenters. The lowest BCUT2D eigenvalue weighted by atomic mass is 9.85. The molecule has 6 heteroatoms. The molecule has 134 valence electrons. The predicted octanol–water partition coefficient (Wildman–Crippen LogP) is 2.54. The van der Waals surface area contributed by atoms with E-state index in [1.807, 2.05) is 18.2 Å². The number of benzene rings is 1. The maximum absolute atomic E-state index is 12.8. The zero-order valence-electron chi connectivity index (χ0n) is 13.6. The second kappa shape index (κ2) is 6.20. The number of carbonyl (C=O) groups is 2. The van der Waals surface area contributed by atoms with Crippen LogP contribution in [0.4, 0.5) is 5.95 Å². The number of hydrogen-bond acceptors (Lipinski definition) is 4. The summed E-state index contributed by atoms with van der Waals surface area (Å²) in [5.41, 5.74) is 1.21. The van der Waals surface area contributed by atoms with Crippen LogP contribution in [-0.2, 0) is 22.4 Å². The van der Waals surface area contributed by atoms with Gasteiger partial charge in [-0.1, -0.05) is 49.9 Å². The molecule has 1 N–H and O–H groups in total. The van der Waals surface area contributed by atoms with E-state index >= 15 is 0 Å². The number of hydrogen-bond donors (Lipinski definition) is 1. The van der Waals surface area contributed by atoms with Crippen LogP contribution in [-0.4, -0.2) is 27.0 Å². The lowest BCUT2D eigenvalue weighted by molar-refractivity contribution is -0.123. The Morgan fingerprint density at radius 2 is 1.65 bits per heavy atom. The number of nitrogens with one attached hydrogen (secondary N) is 1. The van der Waals surface area contributed by atoms with Crippen molar-refractivity contribution < 1.29 is 9.59 Å². The molecule has 2 fully saturated rings. The first-order chi connectivity index (χ1) is 12.2. The highest BCUT2D eigenvalue weighted by atomic mass is 16.2. The molecule has 1 aromatic carbocycles. The van der Waals surface area contributed by atoms with Gasteiger partial charge in [0.2, 0.25) is 11.8 Å². The van der Waals surface area contributed by atoms with E-state index in [1.54, 1.807) is 0 Å². The summed E-state index contributed by atoms with van der Waals surface area (Å²) in [6, 6.07) is 10.1. The number of aryl methyl sites for hydroxylation is 2. The second-order valence-corrected chi connectivity index (χ2v) is 7.08. The first kappa shape index (κ1) is 16.7. The largest absolute Gasteiger partial charge is 0.274 e. The van der Waals surface area contributed by atoms with Crippen molar-refractivity contribution in [3.63, 3.8) is 0 Å². The third-order valence-corrected chi connectivity index (χ3v) is 5.68. The number of nitrogens with zero attached hydrogens (tertiary/aromatic N) is 3. The van der Waals surface area contributed by atoms with Crippen LogP contribution in [0.3, 0.4) is 0 Å². The minimum Gasteiger partial charge on any atom is -0.274 e. The molecule has 1 saturated heterocycles. The highest BCUT2D eigenvalue weighted by Crippen LogP contribution is 2.52. The van der Waals surface area contributed by atoms with Gasteiger partial charge in [0.25, 0.3) is 5.95 Å². The van der Waals surface area contributed by atoms with Gasteiger partial charge in [0.15, 0.2) is 0 Å². The van der Waals surface area contributed by atoms with Crippen LogP contribution in [0.2, 0.25) is 0 Å². The molecule has 2 aromatic rings. The minimum absolute atomic E-state index is 0. The molecule has 2 bridgehead atoms. The Bertz CT molecular complexity index is 843. The van der Waals surface area contributed by atoms with Crippen molar-refractivity contribution in [3.8, 4) is 0 Å². The van der Waals surface area contributed by atoms with E-state index in [1.165, 1.54) is 10.5 Å². The molecule has 2 amide bonds. The monoisotopic (exact) mass is 350 g/mol. The fraction of sp³-hybridized carbons (Fsp3) is 0.400. The summed E-state index contributed by atoms with van der Waals surface area (Å²) in [4.78, 5) is 31.1. The van der Waals surface area contributed by atoms with Gasteiger partial charge in [0, 0.05) is 6.42 Å². The number of anilines is 1. The van der Waals surface area contributed by atoms with Crippen LogP contribution in [0.15, 0.2) is 42.5 Å². The van der Waals surface area contributed by atoms with Crippen molar-refractivity contribution in [2.75, 3.05) is 4.90 Å². The summed E-state index contributed by atoms with van der Waals surface area (Å²) in [5, 5.41) is 7.01. The predicted molar refractivity (Wildman–Crippen MR) is 97.2 cm³/mol. The third-order valence-electron chi connectivity index (χ3n) is 5.68. The lowest BCUT2D eigenvalue weighted by Crippen LogP contribution is -2.33. The van der Waals surface area contributed by atoms with Gasteiger partial charge in [-0.25, -0.2) is 4.90 Å². The van der Waals surface area contributed by atoms with Crippen molar-refractivity contribution >= 4 is 17.8 Å². The Labute approximate surface area is 152 Å². The summed E-state index contributed by atoms with van der Waals surface area (Å²) in [7, 11) is 0. The molecule has 2 aliphatic carbocycles. The lowest BCUT2D eigenvalue weighted by Gasteiger charge is -2.14. The van der Waals surface area contributed by atoms with Crippen LogP contribution in [0.1, 0.15) is 25.2 Å². The number of aromatic nitrogens is 3. The first-order valence-corrected chi connectivity index (χ1v) is 8.74. The Morgan fingerprint density at radius 1 is 1.00 bits per heavy atom. The number of H-pyrrole nitrogens is 1. The van der Waals surface area contributed by atoms with Crippen LogP contribution in [0.25, 0.3) is 0 Å². The number of imide groups is 1. The molecule has 3 aliphatic rings.